The van der Waals surface area contributed by atoms with E-state index in [2.05, 4.69) is 38.2 Å². The van der Waals surface area contributed by atoms with Crippen molar-refractivity contribution in [3.8, 4) is 0 Å². The average molecular weight is 325 g/mol. The minimum absolute atomic E-state index is 0. The molecule has 1 aliphatic carbocycles. The van der Waals surface area contributed by atoms with Crippen LogP contribution >= 0.6 is 12.4 Å². The van der Waals surface area contributed by atoms with Gasteiger partial charge >= 0.3 is 0 Å². The average Bonchev–Trinajstić information content (AvgIpc) is 2.41. The molecule has 0 spiro atoms. The molecule has 3 nitrogen and oxygen atoms in total. The number of aryl methyl sites for hydroxylation is 1. The van der Waals surface area contributed by atoms with Gasteiger partial charge in [-0.1, -0.05) is 31.0 Å². The van der Waals surface area contributed by atoms with Crippen molar-refractivity contribution in [2.75, 3.05) is 0 Å². The van der Waals surface area contributed by atoms with Crippen molar-refractivity contribution in [2.45, 2.75) is 65.0 Å². The predicted octanol–water partition coefficient (Wildman–Crippen LogP) is 3.81. The molecule has 0 radical (unpaired) electrons. The number of hydrogen-bond donors (Lipinski definition) is 2. The minimum atomic E-state index is -0.371. The molecule has 1 fully saturated rings. The summed E-state index contributed by atoms with van der Waals surface area (Å²) in [6.07, 6.45) is 4.06. The van der Waals surface area contributed by atoms with E-state index in [9.17, 15) is 4.79 Å². The zero-order valence-electron chi connectivity index (χ0n) is 14.1. The van der Waals surface area contributed by atoms with E-state index in [1.807, 2.05) is 13.0 Å². The second kappa shape index (κ2) is 7.47. The molecule has 0 aliphatic heterocycles. The Balaban J connectivity index is 0.00000242. The van der Waals surface area contributed by atoms with Crippen LogP contribution in [0.4, 0.5) is 0 Å². The van der Waals surface area contributed by atoms with Gasteiger partial charge in [-0.15, -0.1) is 12.4 Å². The van der Waals surface area contributed by atoms with Crippen LogP contribution in [0.25, 0.3) is 0 Å². The lowest BCUT2D eigenvalue weighted by Gasteiger charge is -2.37. The van der Waals surface area contributed by atoms with Gasteiger partial charge in [0.2, 0.25) is 5.91 Å². The van der Waals surface area contributed by atoms with Gasteiger partial charge in [0.05, 0.1) is 12.0 Å². The van der Waals surface area contributed by atoms with Gasteiger partial charge in [0.15, 0.2) is 0 Å². The molecule has 3 N–H and O–H groups in total. The summed E-state index contributed by atoms with van der Waals surface area (Å²) in [7, 11) is 0. The molecule has 22 heavy (non-hydrogen) atoms. The number of amides is 1. The molecule has 124 valence electrons. The van der Waals surface area contributed by atoms with Gasteiger partial charge in [0.25, 0.3) is 0 Å². The smallest absolute Gasteiger partial charge is 0.225 e. The summed E-state index contributed by atoms with van der Waals surface area (Å²) >= 11 is 0. The number of carbonyl (C=O) groups excluding carboxylic acids is 1. The lowest BCUT2D eigenvalue weighted by Crippen LogP contribution is -2.53. The number of nitrogens with two attached hydrogens (primary N) is 1. The SMILES string of the molecule is Cc1cccc(C(C)NC(=O)C2CCCCC2(C)N)c1C.Cl. The summed E-state index contributed by atoms with van der Waals surface area (Å²) in [6.45, 7) is 8.28. The van der Waals surface area contributed by atoms with Gasteiger partial charge in [0, 0.05) is 5.54 Å². The highest BCUT2D eigenvalue weighted by Gasteiger charge is 2.38. The molecule has 1 aliphatic rings. The van der Waals surface area contributed by atoms with Gasteiger partial charge in [-0.2, -0.15) is 0 Å². The molecule has 1 amide bonds. The maximum absolute atomic E-state index is 12.6. The third-order valence-corrected chi connectivity index (χ3v) is 5.04. The third-order valence-electron chi connectivity index (χ3n) is 5.04. The molecule has 1 saturated carbocycles. The van der Waals surface area contributed by atoms with E-state index in [0.29, 0.717) is 0 Å². The Morgan fingerprint density at radius 1 is 1.36 bits per heavy atom. The third kappa shape index (κ3) is 4.02. The quantitative estimate of drug-likeness (QED) is 0.888. The van der Waals surface area contributed by atoms with Gasteiger partial charge in [-0.25, -0.2) is 0 Å². The van der Waals surface area contributed by atoms with Crippen LogP contribution < -0.4 is 11.1 Å². The minimum Gasteiger partial charge on any atom is -0.349 e. The van der Waals surface area contributed by atoms with E-state index in [4.69, 9.17) is 5.73 Å². The number of halogens is 1. The lowest BCUT2D eigenvalue weighted by atomic mass is 9.74. The summed E-state index contributed by atoms with van der Waals surface area (Å²) in [5.41, 5.74) is 9.67. The number of carbonyl (C=O) groups is 1. The van der Waals surface area contributed by atoms with E-state index < -0.39 is 0 Å². The molecule has 0 heterocycles. The Morgan fingerprint density at radius 3 is 2.68 bits per heavy atom. The van der Waals surface area contributed by atoms with E-state index in [1.54, 1.807) is 0 Å². The molecule has 0 saturated heterocycles. The molecule has 1 aromatic rings. The van der Waals surface area contributed by atoms with E-state index >= 15 is 0 Å². The largest absolute Gasteiger partial charge is 0.349 e. The van der Waals surface area contributed by atoms with Crippen molar-refractivity contribution in [3.05, 3.63) is 34.9 Å². The fraction of sp³-hybridized carbons (Fsp3) is 0.611. The maximum atomic E-state index is 12.6. The van der Waals surface area contributed by atoms with Gasteiger partial charge < -0.3 is 11.1 Å². The van der Waals surface area contributed by atoms with Crippen LogP contribution in [0.2, 0.25) is 0 Å². The van der Waals surface area contributed by atoms with Crippen LogP contribution in [-0.4, -0.2) is 11.4 Å². The second-order valence-electron chi connectivity index (χ2n) is 6.82. The summed E-state index contributed by atoms with van der Waals surface area (Å²) in [6, 6.07) is 6.27. The van der Waals surface area contributed by atoms with E-state index in [0.717, 1.165) is 25.7 Å². The molecule has 3 atom stereocenters. The molecule has 0 aromatic heterocycles. The van der Waals surface area contributed by atoms with Gasteiger partial charge in [-0.05, 0) is 57.2 Å². The molecule has 2 rings (SSSR count). The Labute approximate surface area is 140 Å². The zero-order valence-corrected chi connectivity index (χ0v) is 14.9. The summed E-state index contributed by atoms with van der Waals surface area (Å²) in [4.78, 5) is 12.6. The van der Waals surface area contributed by atoms with Crippen molar-refractivity contribution in [3.63, 3.8) is 0 Å². The van der Waals surface area contributed by atoms with Crippen LogP contribution in [-0.2, 0) is 4.79 Å². The van der Waals surface area contributed by atoms with Crippen molar-refractivity contribution < 1.29 is 4.79 Å². The first kappa shape index (κ1) is 19.0. The van der Waals surface area contributed by atoms with E-state index in [1.165, 1.54) is 16.7 Å². The number of benzene rings is 1. The fourth-order valence-corrected chi connectivity index (χ4v) is 3.42. The summed E-state index contributed by atoms with van der Waals surface area (Å²) in [5.74, 6) is 0.0342. The van der Waals surface area contributed by atoms with Crippen LogP contribution in [0.3, 0.4) is 0 Å². The van der Waals surface area contributed by atoms with Crippen molar-refractivity contribution in [2.24, 2.45) is 11.7 Å². The zero-order chi connectivity index (χ0) is 15.6. The highest BCUT2D eigenvalue weighted by Crippen LogP contribution is 2.32. The highest BCUT2D eigenvalue weighted by molar-refractivity contribution is 5.85. The van der Waals surface area contributed by atoms with Crippen molar-refractivity contribution in [1.82, 2.24) is 5.32 Å². The molecular weight excluding hydrogens is 296 g/mol. The Hall–Kier alpha value is -1.06. The van der Waals surface area contributed by atoms with Crippen molar-refractivity contribution >= 4 is 18.3 Å². The molecular formula is C18H29ClN2O. The van der Waals surface area contributed by atoms with Gasteiger partial charge in [0.1, 0.15) is 0 Å². The monoisotopic (exact) mass is 324 g/mol. The molecule has 1 aromatic carbocycles. The first-order chi connectivity index (χ1) is 9.83. The first-order valence-corrected chi connectivity index (χ1v) is 7.98. The highest BCUT2D eigenvalue weighted by atomic mass is 35.5. The van der Waals surface area contributed by atoms with Crippen LogP contribution in [0, 0.1) is 19.8 Å². The first-order valence-electron chi connectivity index (χ1n) is 7.98. The van der Waals surface area contributed by atoms with Crippen LogP contribution in [0.5, 0.6) is 0 Å². The Kier molecular flexibility index (Phi) is 6.45. The van der Waals surface area contributed by atoms with Crippen LogP contribution in [0.1, 0.15) is 62.3 Å². The summed E-state index contributed by atoms with van der Waals surface area (Å²) < 4.78 is 0. The Morgan fingerprint density at radius 2 is 2.05 bits per heavy atom. The molecule has 0 bridgehead atoms. The Bertz CT molecular complexity index is 528. The second-order valence-corrected chi connectivity index (χ2v) is 6.82. The topological polar surface area (TPSA) is 55.1 Å². The van der Waals surface area contributed by atoms with Gasteiger partial charge in [-0.3, -0.25) is 4.79 Å². The van der Waals surface area contributed by atoms with Crippen molar-refractivity contribution in [1.29, 1.82) is 0 Å². The predicted molar refractivity (Wildman–Crippen MR) is 94.3 cm³/mol. The van der Waals surface area contributed by atoms with E-state index in [-0.39, 0.29) is 35.8 Å². The number of hydrogen-bond acceptors (Lipinski definition) is 2. The standard InChI is InChI=1S/C18H28N2O.ClH/c1-12-8-7-9-15(13(12)2)14(3)20-17(21)16-10-5-6-11-18(16,4)19;/h7-9,14,16H,5-6,10-11,19H2,1-4H3,(H,20,21);1H. The maximum Gasteiger partial charge on any atom is 0.225 e. The summed E-state index contributed by atoms with van der Waals surface area (Å²) in [5, 5.41) is 3.17. The normalized spacial score (nSPS) is 26.0. The number of rotatable bonds is 3. The number of nitrogens with one attached hydrogen (secondary N) is 1. The molecule has 3 unspecified atom stereocenters. The lowest BCUT2D eigenvalue weighted by molar-refractivity contribution is -0.128. The van der Waals surface area contributed by atoms with Crippen LogP contribution in [0.15, 0.2) is 18.2 Å². The molecule has 4 heteroatoms. The fourth-order valence-electron chi connectivity index (χ4n) is 3.42.